The summed E-state index contributed by atoms with van der Waals surface area (Å²) in [7, 11) is 0. The van der Waals surface area contributed by atoms with E-state index in [9.17, 15) is 28.8 Å². The molecule has 314 valence electrons. The predicted molar refractivity (Wildman–Crippen MR) is 201 cm³/mol. The Labute approximate surface area is 320 Å². The predicted octanol–water partition coefficient (Wildman–Crippen LogP) is 5.61. The first kappa shape index (κ1) is 49.6. The molecule has 0 aliphatic heterocycles. The van der Waals surface area contributed by atoms with Gasteiger partial charge in [-0.3, -0.25) is 0 Å². The number of ether oxygens (including phenoxy) is 6. The molecule has 4 atom stereocenters. The van der Waals surface area contributed by atoms with Crippen LogP contribution < -0.4 is 31.9 Å². The second-order valence-corrected chi connectivity index (χ2v) is 18.6. The van der Waals surface area contributed by atoms with Crippen molar-refractivity contribution in [3.8, 4) is 0 Å². The molecule has 0 saturated carbocycles. The van der Waals surface area contributed by atoms with Crippen LogP contribution in [0.15, 0.2) is 0 Å². The number of carbonyl (C=O) groups excluding carboxylic acids is 6. The topological polar surface area (TPSA) is 230 Å². The van der Waals surface area contributed by atoms with Crippen molar-refractivity contribution in [3.05, 3.63) is 0 Å². The number of nitrogens with one attached hydrogen (secondary N) is 6. The van der Waals surface area contributed by atoms with E-state index in [-0.39, 0.29) is 0 Å². The van der Waals surface area contributed by atoms with E-state index < -0.39 is 107 Å². The zero-order chi connectivity index (χ0) is 42.7. The minimum Gasteiger partial charge on any atom is -0.444 e. The average Bonchev–Trinajstić information content (AvgIpc) is 2.85. The lowest BCUT2D eigenvalue weighted by Gasteiger charge is -2.40. The average molecular weight is 777 g/mol. The molecule has 0 aliphatic carbocycles. The fourth-order valence-corrected chi connectivity index (χ4v) is 4.24. The van der Waals surface area contributed by atoms with Crippen LogP contribution in [0.3, 0.4) is 0 Å². The molecular weight excluding hydrogens is 708 g/mol. The molecule has 6 N–H and O–H groups in total. The van der Waals surface area contributed by atoms with Gasteiger partial charge in [-0.15, -0.1) is 0 Å². The summed E-state index contributed by atoms with van der Waals surface area (Å²) in [6.07, 6.45) is -5.69. The molecule has 0 spiro atoms. The first-order valence-corrected chi connectivity index (χ1v) is 17.9. The van der Waals surface area contributed by atoms with Crippen LogP contribution in [-0.4, -0.2) is 107 Å². The van der Waals surface area contributed by atoms with Crippen molar-refractivity contribution < 1.29 is 57.2 Å². The lowest BCUT2D eigenvalue weighted by Crippen LogP contribution is -2.71. The molecule has 0 aliphatic rings. The van der Waals surface area contributed by atoms with Crippen LogP contribution in [0.5, 0.6) is 0 Å². The van der Waals surface area contributed by atoms with Gasteiger partial charge in [0, 0.05) is 13.1 Å². The van der Waals surface area contributed by atoms with Crippen LogP contribution in [-0.2, 0) is 28.4 Å². The number of hydrogen-bond acceptors (Lipinski definition) is 12. The number of carbonyl (C=O) groups is 6. The first-order chi connectivity index (χ1) is 23.9. The highest BCUT2D eigenvalue weighted by Crippen LogP contribution is 2.16. The first-order valence-electron chi connectivity index (χ1n) is 17.9. The van der Waals surface area contributed by atoms with Crippen LogP contribution >= 0.6 is 0 Å². The fraction of sp³-hybridized carbons (Fsp3) is 0.833. The van der Waals surface area contributed by atoms with Gasteiger partial charge in [-0.05, 0) is 125 Å². The highest BCUT2D eigenvalue weighted by molar-refractivity contribution is 5.73. The Morgan fingerprint density at radius 3 is 0.722 bits per heavy atom. The number of hydrogen-bond donors (Lipinski definition) is 6. The maximum Gasteiger partial charge on any atom is 0.408 e. The quantitative estimate of drug-likeness (QED) is 0.141. The SMILES string of the molecule is CC(C)(C)OC(=O)NCC(NC(=O)OC(C)(C)C)C(NC(=O)OC(C)(C)C)C(NC(=O)OC(C)(C)C)C(CNC(=O)OC(C)(C)C)NC(=O)OC(C)(C)C. The highest BCUT2D eigenvalue weighted by Gasteiger charge is 2.42. The van der Waals surface area contributed by atoms with Crippen molar-refractivity contribution in [1.82, 2.24) is 31.9 Å². The summed E-state index contributed by atoms with van der Waals surface area (Å²) in [5, 5.41) is 15.8. The van der Waals surface area contributed by atoms with Crippen LogP contribution in [0.2, 0.25) is 0 Å². The van der Waals surface area contributed by atoms with E-state index in [2.05, 4.69) is 31.9 Å². The zero-order valence-corrected chi connectivity index (χ0v) is 35.6. The number of alkyl carbamates (subject to hydrolysis) is 6. The maximum absolute atomic E-state index is 13.6. The molecule has 0 rings (SSSR count). The highest BCUT2D eigenvalue weighted by atomic mass is 16.6. The Morgan fingerprint density at radius 1 is 0.333 bits per heavy atom. The third-order valence-corrected chi connectivity index (χ3v) is 5.76. The molecule has 6 amide bonds. The van der Waals surface area contributed by atoms with Crippen molar-refractivity contribution in [1.29, 1.82) is 0 Å². The van der Waals surface area contributed by atoms with E-state index in [1.807, 2.05) is 0 Å². The Morgan fingerprint density at radius 2 is 0.519 bits per heavy atom. The van der Waals surface area contributed by atoms with E-state index in [0.29, 0.717) is 0 Å². The molecule has 0 bridgehead atoms. The lowest BCUT2D eigenvalue weighted by atomic mass is 9.93. The normalized spacial score (nSPS) is 14.8. The molecule has 0 fully saturated rings. The maximum atomic E-state index is 13.6. The van der Waals surface area contributed by atoms with Crippen molar-refractivity contribution in [2.45, 2.75) is 182 Å². The Bertz CT molecular complexity index is 1180. The van der Waals surface area contributed by atoms with Crippen LogP contribution in [0.4, 0.5) is 28.8 Å². The van der Waals surface area contributed by atoms with Gasteiger partial charge in [0.1, 0.15) is 33.6 Å². The van der Waals surface area contributed by atoms with Crippen LogP contribution in [0, 0.1) is 0 Å². The van der Waals surface area contributed by atoms with Crippen LogP contribution in [0.1, 0.15) is 125 Å². The molecule has 54 heavy (non-hydrogen) atoms. The molecule has 0 radical (unpaired) electrons. The van der Waals surface area contributed by atoms with E-state index >= 15 is 0 Å². The Kier molecular flexibility index (Phi) is 17.7. The molecule has 4 unspecified atom stereocenters. The minimum absolute atomic E-state index is 0.431. The van der Waals surface area contributed by atoms with Gasteiger partial charge in [-0.2, -0.15) is 0 Å². The van der Waals surface area contributed by atoms with E-state index in [0.717, 1.165) is 0 Å². The van der Waals surface area contributed by atoms with Crippen molar-refractivity contribution in [3.63, 3.8) is 0 Å². The summed E-state index contributed by atoms with van der Waals surface area (Å²) in [6, 6.07) is -5.64. The molecule has 0 saturated heterocycles. The summed E-state index contributed by atoms with van der Waals surface area (Å²) < 4.78 is 32.9. The molecule has 18 nitrogen and oxygen atoms in total. The van der Waals surface area contributed by atoms with Gasteiger partial charge < -0.3 is 60.3 Å². The van der Waals surface area contributed by atoms with E-state index in [1.54, 1.807) is 125 Å². The number of rotatable bonds is 11. The van der Waals surface area contributed by atoms with E-state index in [4.69, 9.17) is 28.4 Å². The second-order valence-electron chi connectivity index (χ2n) is 18.6. The Balaban J connectivity index is 7.68. The van der Waals surface area contributed by atoms with Gasteiger partial charge in [0.25, 0.3) is 0 Å². The molecule has 0 aromatic heterocycles. The van der Waals surface area contributed by atoms with E-state index in [1.165, 1.54) is 0 Å². The van der Waals surface area contributed by atoms with Gasteiger partial charge >= 0.3 is 36.6 Å². The van der Waals surface area contributed by atoms with Gasteiger partial charge in [0.05, 0.1) is 24.2 Å². The van der Waals surface area contributed by atoms with Gasteiger partial charge in [-0.25, -0.2) is 28.8 Å². The Hall–Kier alpha value is -4.38. The summed E-state index contributed by atoms with van der Waals surface area (Å²) in [5.74, 6) is 0. The van der Waals surface area contributed by atoms with Crippen LogP contribution in [0.25, 0.3) is 0 Å². The summed E-state index contributed by atoms with van der Waals surface area (Å²) >= 11 is 0. The van der Waals surface area contributed by atoms with Crippen molar-refractivity contribution >= 4 is 36.6 Å². The molecular formula is C36H68N6O12. The molecule has 0 aromatic carbocycles. The smallest absolute Gasteiger partial charge is 0.408 e. The molecule has 0 heterocycles. The minimum atomic E-state index is -1.48. The molecule has 18 heteroatoms. The lowest BCUT2D eigenvalue weighted by molar-refractivity contribution is 0.0310. The zero-order valence-electron chi connectivity index (χ0n) is 35.6. The monoisotopic (exact) mass is 776 g/mol. The second kappa shape index (κ2) is 19.3. The third-order valence-electron chi connectivity index (χ3n) is 5.76. The summed E-state index contributed by atoms with van der Waals surface area (Å²) in [6.45, 7) is 28.6. The van der Waals surface area contributed by atoms with Gasteiger partial charge in [-0.1, -0.05) is 0 Å². The number of amides is 6. The van der Waals surface area contributed by atoms with Crippen molar-refractivity contribution in [2.24, 2.45) is 0 Å². The fourth-order valence-electron chi connectivity index (χ4n) is 4.24. The molecule has 0 aromatic rings. The summed E-state index contributed by atoms with van der Waals surface area (Å²) in [4.78, 5) is 79.6. The van der Waals surface area contributed by atoms with Gasteiger partial charge in [0.2, 0.25) is 0 Å². The summed E-state index contributed by atoms with van der Waals surface area (Å²) in [5.41, 5.74) is -5.79. The largest absolute Gasteiger partial charge is 0.444 e. The third kappa shape index (κ3) is 25.6. The standard InChI is InChI=1S/C36H68N6O12/c1-31(2,3)49-25(43)37-19-21(39-27(45)51-33(7,8)9)23(41-29(47)53-35(13,14)15)24(42-30(48)54-36(16,17)18)22(40-28(46)52-34(10,11)12)20-38-26(44)50-32(4,5)6/h21-24H,19-20H2,1-18H3,(H,37,43)(H,38,44)(H,39,45)(H,40,46)(H,41,47)(H,42,48). The van der Waals surface area contributed by atoms with Gasteiger partial charge in [0.15, 0.2) is 0 Å². The van der Waals surface area contributed by atoms with Crippen molar-refractivity contribution in [2.75, 3.05) is 13.1 Å².